The Morgan fingerprint density at radius 1 is 1.38 bits per heavy atom. The molecule has 2 aromatic rings. The number of nitrogens with one attached hydrogen (secondary N) is 2. The van der Waals surface area contributed by atoms with E-state index in [0.717, 1.165) is 40.4 Å². The van der Waals surface area contributed by atoms with Gasteiger partial charge < -0.3 is 10.6 Å². The van der Waals surface area contributed by atoms with E-state index in [1.165, 1.54) is 0 Å². The lowest BCUT2D eigenvalue weighted by Gasteiger charge is -2.36. The first kappa shape index (κ1) is 19.6. The van der Waals surface area contributed by atoms with Crippen molar-refractivity contribution in [3.05, 3.63) is 34.7 Å². The fourth-order valence-corrected chi connectivity index (χ4v) is 4.86. The topological polar surface area (TPSA) is 91.4 Å². The third kappa shape index (κ3) is 3.64. The van der Waals surface area contributed by atoms with Crippen LogP contribution in [0.4, 0.5) is 10.5 Å². The summed E-state index contributed by atoms with van der Waals surface area (Å²) in [4.78, 5) is 43.5. The number of aryl methyl sites for hydroxylation is 1. The molecule has 1 aromatic heterocycles. The van der Waals surface area contributed by atoms with E-state index in [2.05, 4.69) is 15.6 Å². The summed E-state index contributed by atoms with van der Waals surface area (Å²) < 4.78 is 0. The van der Waals surface area contributed by atoms with Crippen LogP contribution in [0, 0.1) is 12.8 Å². The van der Waals surface area contributed by atoms with Crippen LogP contribution in [0.15, 0.2) is 29.6 Å². The highest BCUT2D eigenvalue weighted by molar-refractivity contribution is 7.09. The lowest BCUT2D eigenvalue weighted by molar-refractivity contribution is -0.136. The molecule has 1 aliphatic carbocycles. The van der Waals surface area contributed by atoms with Gasteiger partial charge in [0.15, 0.2) is 0 Å². The number of hydrogen-bond donors (Lipinski definition) is 2. The van der Waals surface area contributed by atoms with Crippen molar-refractivity contribution in [2.24, 2.45) is 5.92 Å². The summed E-state index contributed by atoms with van der Waals surface area (Å²) in [5.74, 6) is -0.615. The van der Waals surface area contributed by atoms with Crippen molar-refractivity contribution < 1.29 is 14.4 Å². The third-order valence-corrected chi connectivity index (χ3v) is 6.64. The van der Waals surface area contributed by atoms with Gasteiger partial charge in [-0.25, -0.2) is 9.78 Å². The van der Waals surface area contributed by atoms with Crippen molar-refractivity contribution in [3.63, 3.8) is 0 Å². The van der Waals surface area contributed by atoms with Crippen molar-refractivity contribution >= 4 is 34.9 Å². The monoisotopic (exact) mass is 412 g/mol. The van der Waals surface area contributed by atoms with Crippen LogP contribution < -0.4 is 10.6 Å². The number of benzene rings is 1. The van der Waals surface area contributed by atoms with E-state index in [9.17, 15) is 14.4 Å². The average molecular weight is 413 g/mol. The summed E-state index contributed by atoms with van der Waals surface area (Å²) in [5, 5.41) is 8.60. The summed E-state index contributed by atoms with van der Waals surface area (Å²) >= 11 is 1.56. The number of anilines is 1. The van der Waals surface area contributed by atoms with Crippen LogP contribution in [0.3, 0.4) is 0 Å². The SMILES string of the molecule is Cc1nc(-c2cccc(NC(=O)CN3C(=O)N[C@@]4(CCCC[C@@H]4C)C3=O)c2)cs1. The maximum atomic E-state index is 13.0. The number of amides is 4. The minimum Gasteiger partial charge on any atom is -0.325 e. The van der Waals surface area contributed by atoms with Gasteiger partial charge in [-0.2, -0.15) is 0 Å². The largest absolute Gasteiger partial charge is 0.325 e. The van der Waals surface area contributed by atoms with Crippen LogP contribution in [0.25, 0.3) is 11.3 Å². The highest BCUT2D eigenvalue weighted by Gasteiger charge is 2.55. The molecule has 1 saturated heterocycles. The summed E-state index contributed by atoms with van der Waals surface area (Å²) in [6, 6.07) is 6.90. The Morgan fingerprint density at radius 2 is 2.21 bits per heavy atom. The van der Waals surface area contributed by atoms with Gasteiger partial charge in [0.1, 0.15) is 12.1 Å². The molecule has 8 heteroatoms. The number of imide groups is 1. The molecule has 2 fully saturated rings. The van der Waals surface area contributed by atoms with Gasteiger partial charge in [-0.05, 0) is 37.8 Å². The lowest BCUT2D eigenvalue weighted by Crippen LogP contribution is -2.54. The van der Waals surface area contributed by atoms with Crippen molar-refractivity contribution in [2.45, 2.75) is 45.1 Å². The van der Waals surface area contributed by atoms with Crippen LogP contribution in [0.5, 0.6) is 0 Å². The van der Waals surface area contributed by atoms with E-state index < -0.39 is 17.5 Å². The second kappa shape index (κ2) is 7.59. The first-order chi connectivity index (χ1) is 13.9. The maximum Gasteiger partial charge on any atom is 0.325 e. The fourth-order valence-electron chi connectivity index (χ4n) is 4.24. The Bertz CT molecular complexity index is 972. The number of urea groups is 1. The molecule has 1 aromatic carbocycles. The van der Waals surface area contributed by atoms with Gasteiger partial charge in [-0.3, -0.25) is 14.5 Å². The molecule has 0 unspecified atom stereocenters. The average Bonchev–Trinajstić information content (AvgIpc) is 3.22. The van der Waals surface area contributed by atoms with Crippen molar-refractivity contribution in [1.82, 2.24) is 15.2 Å². The van der Waals surface area contributed by atoms with E-state index in [1.54, 1.807) is 17.4 Å². The molecule has 4 rings (SSSR count). The van der Waals surface area contributed by atoms with Gasteiger partial charge in [0, 0.05) is 16.6 Å². The van der Waals surface area contributed by atoms with Crippen LogP contribution in [-0.4, -0.2) is 39.8 Å². The third-order valence-electron chi connectivity index (χ3n) is 5.86. The van der Waals surface area contributed by atoms with E-state index in [1.807, 2.05) is 37.4 Å². The molecule has 2 atom stereocenters. The molecule has 1 aliphatic heterocycles. The minimum atomic E-state index is -0.849. The van der Waals surface area contributed by atoms with E-state index in [-0.39, 0.29) is 18.4 Å². The Labute approximate surface area is 173 Å². The second-order valence-electron chi connectivity index (χ2n) is 7.82. The summed E-state index contributed by atoms with van der Waals surface area (Å²) in [6.07, 6.45) is 3.49. The van der Waals surface area contributed by atoms with E-state index >= 15 is 0 Å². The number of carbonyl (C=O) groups is 3. The smallest absolute Gasteiger partial charge is 0.325 e. The molecule has 1 spiro atoms. The van der Waals surface area contributed by atoms with Crippen LogP contribution >= 0.6 is 11.3 Å². The Morgan fingerprint density at radius 3 is 2.93 bits per heavy atom. The van der Waals surface area contributed by atoms with Crippen molar-refractivity contribution in [3.8, 4) is 11.3 Å². The van der Waals surface area contributed by atoms with E-state index in [4.69, 9.17) is 0 Å². The maximum absolute atomic E-state index is 13.0. The van der Waals surface area contributed by atoms with Gasteiger partial charge >= 0.3 is 6.03 Å². The van der Waals surface area contributed by atoms with Crippen molar-refractivity contribution in [1.29, 1.82) is 0 Å². The molecule has 7 nitrogen and oxygen atoms in total. The predicted octanol–water partition coefficient (Wildman–Crippen LogP) is 3.56. The number of rotatable bonds is 4. The predicted molar refractivity (Wildman–Crippen MR) is 112 cm³/mol. The first-order valence-electron chi connectivity index (χ1n) is 9.85. The Balaban J connectivity index is 1.45. The highest BCUT2D eigenvalue weighted by Crippen LogP contribution is 2.38. The normalized spacial score (nSPS) is 24.1. The molecule has 2 aliphatic rings. The van der Waals surface area contributed by atoms with Crippen LogP contribution in [-0.2, 0) is 9.59 Å². The zero-order valence-corrected chi connectivity index (χ0v) is 17.3. The van der Waals surface area contributed by atoms with E-state index in [0.29, 0.717) is 12.1 Å². The Kier molecular flexibility index (Phi) is 5.12. The molecule has 152 valence electrons. The molecular formula is C21H24N4O3S. The van der Waals surface area contributed by atoms with Gasteiger partial charge in [-0.15, -0.1) is 11.3 Å². The van der Waals surface area contributed by atoms with Gasteiger partial charge in [0.2, 0.25) is 5.91 Å². The minimum absolute atomic E-state index is 0.0685. The summed E-state index contributed by atoms with van der Waals surface area (Å²) in [6.45, 7) is 3.64. The molecule has 0 radical (unpaired) electrons. The zero-order chi connectivity index (χ0) is 20.6. The second-order valence-corrected chi connectivity index (χ2v) is 8.88. The standard InChI is InChI=1S/C21H24N4O3S/c1-13-6-3-4-9-21(13)19(27)25(20(28)24-21)11-18(26)23-16-8-5-7-15(10-16)17-12-29-14(2)22-17/h5,7-8,10,12-13H,3-4,6,9,11H2,1-2H3,(H,23,26)(H,24,28)/t13-,21+/m0/s1. The Hall–Kier alpha value is -2.74. The molecule has 0 bridgehead atoms. The molecular weight excluding hydrogens is 388 g/mol. The van der Waals surface area contributed by atoms with Crippen molar-refractivity contribution in [2.75, 3.05) is 11.9 Å². The van der Waals surface area contributed by atoms with Crippen LogP contribution in [0.2, 0.25) is 0 Å². The molecule has 2 N–H and O–H groups in total. The number of aromatic nitrogens is 1. The van der Waals surface area contributed by atoms with Gasteiger partial charge in [0.25, 0.3) is 5.91 Å². The number of carbonyl (C=O) groups excluding carboxylic acids is 3. The zero-order valence-electron chi connectivity index (χ0n) is 16.5. The molecule has 1 saturated carbocycles. The molecule has 4 amide bonds. The summed E-state index contributed by atoms with van der Waals surface area (Å²) in [7, 11) is 0. The highest BCUT2D eigenvalue weighted by atomic mass is 32.1. The van der Waals surface area contributed by atoms with Gasteiger partial charge in [-0.1, -0.05) is 31.9 Å². The van der Waals surface area contributed by atoms with Crippen LogP contribution in [0.1, 0.15) is 37.6 Å². The number of hydrogen-bond acceptors (Lipinski definition) is 5. The number of thiazole rings is 1. The molecule has 29 heavy (non-hydrogen) atoms. The van der Waals surface area contributed by atoms with Gasteiger partial charge in [0.05, 0.1) is 10.7 Å². The summed E-state index contributed by atoms with van der Waals surface area (Å²) in [5.41, 5.74) is 1.51. The fraction of sp³-hybridized carbons (Fsp3) is 0.429. The quantitative estimate of drug-likeness (QED) is 0.751. The number of nitrogens with zero attached hydrogens (tertiary/aromatic N) is 2. The lowest BCUT2D eigenvalue weighted by atomic mass is 9.73. The molecule has 2 heterocycles. The first-order valence-corrected chi connectivity index (χ1v) is 10.7.